The Hall–Kier alpha value is -2.84. The van der Waals surface area contributed by atoms with Gasteiger partial charge in [0.05, 0.1) is 5.92 Å². The van der Waals surface area contributed by atoms with Gasteiger partial charge in [0.2, 0.25) is 5.91 Å². The van der Waals surface area contributed by atoms with Crippen LogP contribution in [0.4, 0.5) is 19.0 Å². The summed E-state index contributed by atoms with van der Waals surface area (Å²) in [6.07, 6.45) is 2.57. The molecule has 168 valence electrons. The molecule has 2 atom stereocenters. The molecule has 0 saturated carbocycles. The van der Waals surface area contributed by atoms with Gasteiger partial charge in [-0.25, -0.2) is 4.98 Å². The maximum atomic E-state index is 13.1. The molecule has 3 heterocycles. The number of carbonyl (C=O) groups excluding carboxylic acids is 2. The van der Waals surface area contributed by atoms with Crippen molar-refractivity contribution in [1.82, 2.24) is 14.3 Å². The maximum Gasteiger partial charge on any atom is 0.393 e. The lowest BCUT2D eigenvalue weighted by molar-refractivity contribution is -0.184. The average Bonchev–Trinajstić information content (AvgIpc) is 3.16. The largest absolute Gasteiger partial charge is 0.393 e. The highest BCUT2D eigenvalue weighted by Crippen LogP contribution is 2.33. The number of likely N-dealkylation sites (tertiary alicyclic amines) is 1. The third-order valence-electron chi connectivity index (χ3n) is 5.46. The number of hydrogen-bond acceptors (Lipinski definition) is 3. The van der Waals surface area contributed by atoms with Gasteiger partial charge in [-0.05, 0) is 44.2 Å². The van der Waals surface area contributed by atoms with E-state index in [0.717, 1.165) is 6.42 Å². The zero-order valence-electron chi connectivity index (χ0n) is 17.7. The lowest BCUT2D eigenvalue weighted by atomic mass is 9.97. The van der Waals surface area contributed by atoms with Crippen LogP contribution in [0.25, 0.3) is 5.65 Å². The highest BCUT2D eigenvalue weighted by Gasteiger charge is 2.43. The summed E-state index contributed by atoms with van der Waals surface area (Å²) in [6, 6.07) is 5.07. The average molecular weight is 436 g/mol. The summed E-state index contributed by atoms with van der Waals surface area (Å²) in [7, 11) is 0. The molecule has 2 aromatic heterocycles. The highest BCUT2D eigenvalue weighted by molar-refractivity contribution is 5.94. The topological polar surface area (TPSA) is 66.7 Å². The van der Waals surface area contributed by atoms with Gasteiger partial charge in [0.15, 0.2) is 0 Å². The van der Waals surface area contributed by atoms with Gasteiger partial charge in [-0.15, -0.1) is 0 Å². The molecule has 1 aliphatic heterocycles. The first-order valence-electron chi connectivity index (χ1n) is 10.4. The van der Waals surface area contributed by atoms with E-state index in [1.165, 1.54) is 11.1 Å². The van der Waals surface area contributed by atoms with Gasteiger partial charge < -0.3 is 10.2 Å². The molecule has 2 unspecified atom stereocenters. The van der Waals surface area contributed by atoms with Crippen LogP contribution in [-0.2, 0) is 4.79 Å². The zero-order valence-corrected chi connectivity index (χ0v) is 17.7. The first kappa shape index (κ1) is 22.8. The predicted octanol–water partition coefficient (Wildman–Crippen LogP) is 4.68. The Kier molecular flexibility index (Phi) is 7.02. The van der Waals surface area contributed by atoms with Crippen LogP contribution in [0.3, 0.4) is 0 Å². The van der Waals surface area contributed by atoms with Crippen molar-refractivity contribution in [2.75, 3.05) is 18.4 Å². The van der Waals surface area contributed by atoms with Crippen LogP contribution in [0.2, 0.25) is 0 Å². The molecular formula is C22H27F3N4O2. The number of nitrogens with one attached hydrogen (secondary N) is 1. The van der Waals surface area contributed by atoms with E-state index < -0.39 is 18.0 Å². The minimum absolute atomic E-state index is 0.0289. The van der Waals surface area contributed by atoms with E-state index in [0.29, 0.717) is 24.3 Å². The van der Waals surface area contributed by atoms with E-state index in [-0.39, 0.29) is 37.0 Å². The molecule has 2 amide bonds. The summed E-state index contributed by atoms with van der Waals surface area (Å²) in [5.74, 6) is -1.57. The Morgan fingerprint density at radius 3 is 2.84 bits per heavy atom. The molecule has 31 heavy (non-hydrogen) atoms. The Morgan fingerprint density at radius 2 is 2.13 bits per heavy atom. The van der Waals surface area contributed by atoms with Gasteiger partial charge >= 0.3 is 6.18 Å². The van der Waals surface area contributed by atoms with Crippen LogP contribution < -0.4 is 5.32 Å². The fourth-order valence-electron chi connectivity index (χ4n) is 3.77. The van der Waals surface area contributed by atoms with Crippen molar-refractivity contribution < 1.29 is 22.8 Å². The molecule has 0 aromatic carbocycles. The Labute approximate surface area is 179 Å². The SMILES string of the molecule is C/C=C\CC(C)CC(=O)Nc1cccc2nc(C(=O)N3CCCC(C(F)(F)F)C3)cn12. The summed E-state index contributed by atoms with van der Waals surface area (Å²) in [5, 5.41) is 2.84. The molecule has 9 heteroatoms. The molecule has 2 aromatic rings. The molecular weight excluding hydrogens is 409 g/mol. The van der Waals surface area contributed by atoms with Crippen LogP contribution in [-0.4, -0.2) is 45.4 Å². The van der Waals surface area contributed by atoms with Crippen molar-refractivity contribution >= 4 is 23.3 Å². The summed E-state index contributed by atoms with van der Waals surface area (Å²) in [5.41, 5.74) is 0.499. The van der Waals surface area contributed by atoms with E-state index >= 15 is 0 Å². The lowest BCUT2D eigenvalue weighted by Gasteiger charge is -2.33. The van der Waals surface area contributed by atoms with Crippen LogP contribution in [0.1, 0.15) is 50.0 Å². The second-order valence-electron chi connectivity index (χ2n) is 8.06. The highest BCUT2D eigenvalue weighted by atomic mass is 19.4. The Morgan fingerprint density at radius 1 is 1.35 bits per heavy atom. The second kappa shape index (κ2) is 9.53. The van der Waals surface area contributed by atoms with Crippen LogP contribution in [0, 0.1) is 11.8 Å². The monoisotopic (exact) mass is 436 g/mol. The number of carbonyl (C=O) groups is 2. The number of nitrogens with zero attached hydrogens (tertiary/aromatic N) is 3. The molecule has 0 radical (unpaired) electrons. The number of imidazole rings is 1. The van der Waals surface area contributed by atoms with Crippen molar-refractivity contribution in [1.29, 1.82) is 0 Å². The molecule has 1 saturated heterocycles. The number of allylic oxidation sites excluding steroid dienone is 2. The molecule has 1 aliphatic rings. The number of aromatic nitrogens is 2. The van der Waals surface area contributed by atoms with Gasteiger partial charge in [0, 0.05) is 25.7 Å². The van der Waals surface area contributed by atoms with Crippen LogP contribution >= 0.6 is 0 Å². The van der Waals surface area contributed by atoms with Gasteiger partial charge in [-0.3, -0.25) is 14.0 Å². The Balaban J connectivity index is 1.74. The van der Waals surface area contributed by atoms with E-state index in [2.05, 4.69) is 10.3 Å². The first-order valence-corrected chi connectivity index (χ1v) is 10.4. The van der Waals surface area contributed by atoms with E-state index in [1.807, 2.05) is 26.0 Å². The van der Waals surface area contributed by atoms with Gasteiger partial charge in [0.1, 0.15) is 17.2 Å². The molecule has 6 nitrogen and oxygen atoms in total. The number of rotatable bonds is 6. The summed E-state index contributed by atoms with van der Waals surface area (Å²) >= 11 is 0. The number of anilines is 1. The van der Waals surface area contributed by atoms with Crippen LogP contribution in [0.15, 0.2) is 36.5 Å². The fourth-order valence-corrected chi connectivity index (χ4v) is 3.77. The summed E-state index contributed by atoms with van der Waals surface area (Å²) in [4.78, 5) is 30.7. The smallest absolute Gasteiger partial charge is 0.337 e. The van der Waals surface area contributed by atoms with E-state index in [9.17, 15) is 22.8 Å². The second-order valence-corrected chi connectivity index (χ2v) is 8.06. The minimum Gasteiger partial charge on any atom is -0.337 e. The molecule has 0 bridgehead atoms. The van der Waals surface area contributed by atoms with Crippen molar-refractivity contribution in [3.63, 3.8) is 0 Å². The number of hydrogen-bond donors (Lipinski definition) is 1. The summed E-state index contributed by atoms with van der Waals surface area (Å²) in [6.45, 7) is 3.83. The number of halogens is 3. The molecule has 3 rings (SSSR count). The van der Waals surface area contributed by atoms with Crippen molar-refractivity contribution in [2.24, 2.45) is 11.8 Å². The number of alkyl halides is 3. The van der Waals surface area contributed by atoms with E-state index in [4.69, 9.17) is 0 Å². The van der Waals surface area contributed by atoms with Crippen molar-refractivity contribution in [2.45, 2.75) is 45.7 Å². The third-order valence-corrected chi connectivity index (χ3v) is 5.46. The van der Waals surface area contributed by atoms with E-state index in [1.54, 1.807) is 22.6 Å². The predicted molar refractivity (Wildman–Crippen MR) is 112 cm³/mol. The third kappa shape index (κ3) is 5.65. The lowest BCUT2D eigenvalue weighted by Crippen LogP contribution is -2.44. The first-order chi connectivity index (χ1) is 14.7. The molecule has 0 aliphatic carbocycles. The van der Waals surface area contributed by atoms with Gasteiger partial charge in [-0.1, -0.05) is 25.1 Å². The molecule has 1 N–H and O–H groups in total. The number of piperidine rings is 1. The minimum atomic E-state index is -4.32. The number of fused-ring (bicyclic) bond motifs is 1. The Bertz CT molecular complexity index is 967. The normalized spacial score (nSPS) is 18.5. The van der Waals surface area contributed by atoms with Crippen molar-refractivity contribution in [3.05, 3.63) is 42.2 Å². The van der Waals surface area contributed by atoms with Gasteiger partial charge in [-0.2, -0.15) is 13.2 Å². The van der Waals surface area contributed by atoms with Gasteiger partial charge in [0.25, 0.3) is 5.91 Å². The van der Waals surface area contributed by atoms with Crippen LogP contribution in [0.5, 0.6) is 0 Å². The quantitative estimate of drug-likeness (QED) is 0.669. The maximum absolute atomic E-state index is 13.1. The summed E-state index contributed by atoms with van der Waals surface area (Å²) < 4.78 is 40.8. The van der Waals surface area contributed by atoms with Crippen molar-refractivity contribution in [3.8, 4) is 0 Å². The molecule has 0 spiro atoms. The number of amides is 2. The molecule has 1 fully saturated rings. The zero-order chi connectivity index (χ0) is 22.6. The number of pyridine rings is 1. The fraction of sp³-hybridized carbons (Fsp3) is 0.500. The standard InChI is InChI=1S/C22H27F3N4O2/c1-3-4-7-15(2)12-20(30)27-19-10-5-9-18-26-17(14-29(18)19)21(31)28-11-6-8-16(13-28)22(23,24)25/h3-5,9-10,14-16H,6-8,11-13H2,1-2H3,(H,27,30)/b4-3-.